The molecule has 3 heterocycles. The van der Waals surface area contributed by atoms with E-state index in [1.165, 1.54) is 6.07 Å². The van der Waals surface area contributed by atoms with Crippen molar-refractivity contribution in [3.63, 3.8) is 0 Å². The Morgan fingerprint density at radius 2 is 2.38 bits per heavy atom. The molecule has 1 aliphatic rings. The molecule has 1 fully saturated rings. The normalized spacial score (nSPS) is 17.7. The summed E-state index contributed by atoms with van der Waals surface area (Å²) in [4.78, 5) is 36.8. The van der Waals surface area contributed by atoms with Crippen molar-refractivity contribution in [1.29, 1.82) is 0 Å². The van der Waals surface area contributed by atoms with Crippen molar-refractivity contribution in [3.8, 4) is 0 Å². The Morgan fingerprint density at radius 1 is 1.50 bits per heavy atom. The summed E-state index contributed by atoms with van der Waals surface area (Å²) in [5.41, 5.74) is 1.41. The van der Waals surface area contributed by atoms with Gasteiger partial charge in [-0.1, -0.05) is 6.07 Å². The van der Waals surface area contributed by atoms with Crippen LogP contribution in [0, 0.1) is 6.92 Å². The molecule has 1 aliphatic heterocycles. The number of nitrogens with one attached hydrogen (secondary N) is 1. The predicted molar refractivity (Wildman–Crippen MR) is 87.4 cm³/mol. The van der Waals surface area contributed by atoms with Crippen LogP contribution in [0.2, 0.25) is 0 Å². The summed E-state index contributed by atoms with van der Waals surface area (Å²) in [5, 5.41) is 0. The quantitative estimate of drug-likeness (QED) is 0.905. The number of nitrogens with zero attached hydrogens (tertiary/aromatic N) is 3. The van der Waals surface area contributed by atoms with E-state index in [-0.39, 0.29) is 17.6 Å². The van der Waals surface area contributed by atoms with Gasteiger partial charge in [0.15, 0.2) is 0 Å². The number of aryl methyl sites for hydroxylation is 2. The van der Waals surface area contributed by atoms with Gasteiger partial charge in [-0.25, -0.2) is 4.98 Å². The first-order chi connectivity index (χ1) is 11.6. The Balaban J connectivity index is 1.62. The van der Waals surface area contributed by atoms with E-state index in [9.17, 15) is 9.59 Å². The fraction of sp³-hybridized carbons (Fsp3) is 0.412. The van der Waals surface area contributed by atoms with Gasteiger partial charge in [-0.15, -0.1) is 0 Å². The second kappa shape index (κ2) is 7.35. The lowest BCUT2D eigenvalue weighted by Crippen LogP contribution is -2.42. The minimum Gasteiger partial charge on any atom is -0.368 e. The topological polar surface area (TPSA) is 88.2 Å². The maximum Gasteiger partial charge on any atom is 0.251 e. The van der Waals surface area contributed by atoms with E-state index in [0.717, 1.165) is 5.56 Å². The molecule has 3 rings (SSSR count). The number of aromatic nitrogens is 3. The number of hydrogen-bond donors (Lipinski definition) is 1. The molecule has 0 unspecified atom stereocenters. The largest absolute Gasteiger partial charge is 0.368 e. The van der Waals surface area contributed by atoms with Crippen LogP contribution >= 0.6 is 0 Å². The molecule has 0 saturated carbocycles. The number of morpholine rings is 1. The van der Waals surface area contributed by atoms with Gasteiger partial charge in [0, 0.05) is 31.4 Å². The highest BCUT2D eigenvalue weighted by molar-refractivity contribution is 5.76. The number of H-pyrrole nitrogens is 1. The minimum atomic E-state index is -0.359. The molecule has 1 N–H and O–H groups in total. The van der Waals surface area contributed by atoms with Crippen LogP contribution in [0.15, 0.2) is 35.4 Å². The SMILES string of the molecule is Cc1nc([C@@H]2CN(C(=O)CCc3cccnc3)CCO2)cc(=O)[nH]1. The number of ether oxygens (including phenoxy) is 1. The van der Waals surface area contributed by atoms with Crippen LogP contribution in [0.5, 0.6) is 0 Å². The summed E-state index contributed by atoms with van der Waals surface area (Å²) >= 11 is 0. The van der Waals surface area contributed by atoms with E-state index < -0.39 is 0 Å². The Hall–Kier alpha value is -2.54. The van der Waals surface area contributed by atoms with Crippen molar-refractivity contribution in [1.82, 2.24) is 19.9 Å². The van der Waals surface area contributed by atoms with Gasteiger partial charge < -0.3 is 14.6 Å². The van der Waals surface area contributed by atoms with Gasteiger partial charge in [0.25, 0.3) is 5.56 Å². The molecule has 1 amide bonds. The van der Waals surface area contributed by atoms with Gasteiger partial charge in [-0.3, -0.25) is 14.6 Å². The first kappa shape index (κ1) is 16.3. The van der Waals surface area contributed by atoms with E-state index in [1.807, 2.05) is 12.1 Å². The molecule has 0 spiro atoms. The maximum atomic E-state index is 12.4. The fourth-order valence-electron chi connectivity index (χ4n) is 2.78. The number of rotatable bonds is 4. The van der Waals surface area contributed by atoms with E-state index in [2.05, 4.69) is 15.0 Å². The average Bonchev–Trinajstić information content (AvgIpc) is 2.60. The van der Waals surface area contributed by atoms with Crippen molar-refractivity contribution < 1.29 is 9.53 Å². The number of hydrogen-bond acceptors (Lipinski definition) is 5. The van der Waals surface area contributed by atoms with Gasteiger partial charge in [0.1, 0.15) is 11.9 Å². The van der Waals surface area contributed by atoms with E-state index in [4.69, 9.17) is 4.74 Å². The lowest BCUT2D eigenvalue weighted by molar-refractivity contribution is -0.139. The zero-order chi connectivity index (χ0) is 16.9. The number of amides is 1. The standard InChI is InChI=1S/C17H20N4O3/c1-12-19-14(9-16(22)20-12)15-11-21(7-8-24-15)17(23)5-4-13-3-2-6-18-10-13/h2-3,6,9-10,15H,4-5,7-8,11H2,1H3,(H,19,20,22)/t15-/m0/s1. The number of pyridine rings is 1. The van der Waals surface area contributed by atoms with Crippen molar-refractivity contribution in [2.24, 2.45) is 0 Å². The van der Waals surface area contributed by atoms with Gasteiger partial charge >= 0.3 is 0 Å². The lowest BCUT2D eigenvalue weighted by atomic mass is 10.1. The third-order valence-electron chi connectivity index (χ3n) is 3.98. The second-order valence-corrected chi connectivity index (χ2v) is 5.82. The van der Waals surface area contributed by atoms with Gasteiger partial charge in [-0.05, 0) is 25.0 Å². The van der Waals surface area contributed by atoms with E-state index in [1.54, 1.807) is 24.2 Å². The highest BCUT2D eigenvalue weighted by Crippen LogP contribution is 2.20. The summed E-state index contributed by atoms with van der Waals surface area (Å²) in [6.45, 7) is 3.15. The molecule has 7 heteroatoms. The van der Waals surface area contributed by atoms with Crippen molar-refractivity contribution in [2.45, 2.75) is 25.9 Å². The van der Waals surface area contributed by atoms with Gasteiger partial charge in [0.05, 0.1) is 18.8 Å². The van der Waals surface area contributed by atoms with Crippen LogP contribution in [0.3, 0.4) is 0 Å². The monoisotopic (exact) mass is 328 g/mol. The predicted octanol–water partition coefficient (Wildman–Crippen LogP) is 1.01. The molecule has 2 aromatic rings. The summed E-state index contributed by atoms with van der Waals surface area (Å²) in [6, 6.07) is 5.26. The summed E-state index contributed by atoms with van der Waals surface area (Å²) in [6.07, 6.45) is 4.23. The first-order valence-electron chi connectivity index (χ1n) is 7.98. The summed E-state index contributed by atoms with van der Waals surface area (Å²) in [7, 11) is 0. The van der Waals surface area contributed by atoms with Crippen molar-refractivity contribution >= 4 is 5.91 Å². The van der Waals surface area contributed by atoms with Crippen LogP contribution in [-0.4, -0.2) is 45.5 Å². The maximum absolute atomic E-state index is 12.4. The molecule has 0 radical (unpaired) electrons. The van der Waals surface area contributed by atoms with E-state index in [0.29, 0.717) is 44.1 Å². The molecule has 126 valence electrons. The fourth-order valence-corrected chi connectivity index (χ4v) is 2.78. The van der Waals surface area contributed by atoms with Crippen LogP contribution < -0.4 is 5.56 Å². The van der Waals surface area contributed by atoms with Gasteiger partial charge in [-0.2, -0.15) is 0 Å². The third kappa shape index (κ3) is 4.05. The smallest absolute Gasteiger partial charge is 0.251 e. The molecule has 0 bridgehead atoms. The summed E-state index contributed by atoms with van der Waals surface area (Å²) in [5.74, 6) is 0.620. The highest BCUT2D eigenvalue weighted by Gasteiger charge is 2.26. The zero-order valence-electron chi connectivity index (χ0n) is 13.6. The number of aromatic amines is 1. The van der Waals surface area contributed by atoms with E-state index >= 15 is 0 Å². The molecule has 0 aromatic carbocycles. The molecule has 1 atom stereocenters. The lowest BCUT2D eigenvalue weighted by Gasteiger charge is -2.32. The van der Waals surface area contributed by atoms with Crippen molar-refractivity contribution in [3.05, 3.63) is 58.0 Å². The van der Waals surface area contributed by atoms with Crippen LogP contribution in [0.1, 0.15) is 29.6 Å². The molecule has 7 nitrogen and oxygen atoms in total. The Bertz CT molecular complexity index is 760. The Kier molecular flexibility index (Phi) is 5.00. The average molecular weight is 328 g/mol. The van der Waals surface area contributed by atoms with Crippen LogP contribution in [0.25, 0.3) is 0 Å². The van der Waals surface area contributed by atoms with Crippen molar-refractivity contribution in [2.75, 3.05) is 19.7 Å². The number of carbonyl (C=O) groups is 1. The molecule has 1 saturated heterocycles. The Morgan fingerprint density at radius 3 is 3.12 bits per heavy atom. The zero-order valence-corrected chi connectivity index (χ0v) is 13.6. The highest BCUT2D eigenvalue weighted by atomic mass is 16.5. The van der Waals surface area contributed by atoms with Gasteiger partial charge in [0.2, 0.25) is 5.91 Å². The number of carbonyl (C=O) groups excluding carboxylic acids is 1. The molecule has 0 aliphatic carbocycles. The second-order valence-electron chi connectivity index (χ2n) is 5.82. The Labute approximate surface area is 139 Å². The summed E-state index contributed by atoms with van der Waals surface area (Å²) < 4.78 is 5.70. The molecular formula is C17H20N4O3. The van der Waals surface area contributed by atoms with Crippen LogP contribution in [0.4, 0.5) is 0 Å². The third-order valence-corrected chi connectivity index (χ3v) is 3.98. The van der Waals surface area contributed by atoms with Crippen LogP contribution in [-0.2, 0) is 16.0 Å². The minimum absolute atomic E-state index is 0.0775. The molecule has 2 aromatic heterocycles. The molecule has 24 heavy (non-hydrogen) atoms. The first-order valence-corrected chi connectivity index (χ1v) is 7.98. The molecular weight excluding hydrogens is 308 g/mol.